The fourth-order valence-electron chi connectivity index (χ4n) is 0.898. The van der Waals surface area contributed by atoms with E-state index in [4.69, 9.17) is 0 Å². The standard InChI is InChI=1S/C6H3Br3.C6H6S.Na/c7-4-1-2-5(8)6(9)3-4;7-6-4-2-1-3-5-6;/h1-3H;1-5,7H;. The first-order valence-corrected chi connectivity index (χ1v) is 7.27. The van der Waals surface area contributed by atoms with Crippen molar-refractivity contribution in [2.75, 3.05) is 0 Å². The number of halogens is 3. The van der Waals surface area contributed by atoms with Crippen LogP contribution in [0.1, 0.15) is 0 Å². The quantitative estimate of drug-likeness (QED) is 0.305. The van der Waals surface area contributed by atoms with E-state index >= 15 is 0 Å². The Balaban J connectivity index is 0.000000292. The summed E-state index contributed by atoms with van der Waals surface area (Å²) in [7, 11) is 0. The van der Waals surface area contributed by atoms with Gasteiger partial charge < -0.3 is 0 Å². The number of thiol groups is 1. The Hall–Kier alpha value is 1.23. The monoisotopic (exact) mass is 445 g/mol. The van der Waals surface area contributed by atoms with Gasteiger partial charge >= 0.3 is 0 Å². The van der Waals surface area contributed by atoms with Crippen molar-refractivity contribution in [3.63, 3.8) is 0 Å². The first kappa shape index (κ1) is 18.2. The molecule has 2 aromatic carbocycles. The van der Waals surface area contributed by atoms with Crippen LogP contribution in [0.5, 0.6) is 0 Å². The van der Waals surface area contributed by atoms with E-state index in [9.17, 15) is 0 Å². The Morgan fingerprint density at radius 2 is 1.35 bits per heavy atom. The molecule has 0 N–H and O–H groups in total. The van der Waals surface area contributed by atoms with Crippen molar-refractivity contribution in [1.29, 1.82) is 0 Å². The van der Waals surface area contributed by atoms with Crippen molar-refractivity contribution in [1.82, 2.24) is 0 Å². The maximum absolute atomic E-state index is 4.08. The third-order valence-electron chi connectivity index (χ3n) is 1.64. The van der Waals surface area contributed by atoms with E-state index < -0.39 is 0 Å². The number of rotatable bonds is 0. The van der Waals surface area contributed by atoms with E-state index in [0.29, 0.717) is 0 Å². The second kappa shape index (κ2) is 10.1. The van der Waals surface area contributed by atoms with E-state index in [2.05, 4.69) is 60.4 Å². The molecular formula is C12H9Br3NaS. The van der Waals surface area contributed by atoms with Crippen LogP contribution in [-0.2, 0) is 0 Å². The van der Waals surface area contributed by atoms with E-state index in [1.165, 1.54) is 0 Å². The molecule has 5 heteroatoms. The predicted octanol–water partition coefficient (Wildman–Crippen LogP) is 5.57. The smallest absolute Gasteiger partial charge is 0.0328 e. The molecule has 0 saturated heterocycles. The van der Waals surface area contributed by atoms with Crippen LogP contribution in [0.4, 0.5) is 0 Å². The Morgan fingerprint density at radius 1 is 0.765 bits per heavy atom. The van der Waals surface area contributed by atoms with Crippen molar-refractivity contribution in [3.05, 3.63) is 61.9 Å². The molecule has 85 valence electrons. The van der Waals surface area contributed by atoms with Gasteiger partial charge in [0.25, 0.3) is 0 Å². The molecule has 0 aromatic heterocycles. The molecule has 2 rings (SSSR count). The SMILES string of the molecule is Brc1ccc(Br)c(Br)c1.Sc1ccccc1.[Na]. The van der Waals surface area contributed by atoms with Gasteiger partial charge in [-0.3, -0.25) is 0 Å². The normalized spacial score (nSPS) is 8.71. The minimum absolute atomic E-state index is 0. The van der Waals surface area contributed by atoms with E-state index in [-0.39, 0.29) is 29.6 Å². The van der Waals surface area contributed by atoms with Gasteiger partial charge in [-0.15, -0.1) is 12.6 Å². The third kappa shape index (κ3) is 8.09. The topological polar surface area (TPSA) is 0 Å². The molecule has 0 heterocycles. The molecule has 0 amide bonds. The zero-order valence-electron chi connectivity index (χ0n) is 9.20. The maximum Gasteiger partial charge on any atom is 0.0328 e. The van der Waals surface area contributed by atoms with Crippen molar-refractivity contribution >= 4 is 90.0 Å². The summed E-state index contributed by atoms with van der Waals surface area (Å²) in [5.41, 5.74) is 0. The summed E-state index contributed by atoms with van der Waals surface area (Å²) in [5.74, 6) is 0. The zero-order chi connectivity index (χ0) is 12.0. The first-order valence-electron chi connectivity index (χ1n) is 4.44. The first-order chi connectivity index (χ1) is 7.59. The number of hydrogen-bond acceptors (Lipinski definition) is 1. The largest absolute Gasteiger partial charge is 0.143 e. The molecule has 0 saturated carbocycles. The molecule has 0 bridgehead atoms. The van der Waals surface area contributed by atoms with Gasteiger partial charge in [-0.25, -0.2) is 0 Å². The molecule has 0 atom stereocenters. The summed E-state index contributed by atoms with van der Waals surface area (Å²) in [6, 6.07) is 15.7. The summed E-state index contributed by atoms with van der Waals surface area (Å²) in [4.78, 5) is 1.02. The zero-order valence-corrected chi connectivity index (χ0v) is 16.9. The molecule has 0 aliphatic heterocycles. The van der Waals surface area contributed by atoms with Crippen molar-refractivity contribution in [2.45, 2.75) is 4.90 Å². The van der Waals surface area contributed by atoms with Crippen LogP contribution in [0.15, 0.2) is 66.8 Å². The molecular weight excluding hydrogens is 439 g/mol. The molecule has 0 nitrogen and oxygen atoms in total. The van der Waals surface area contributed by atoms with Crippen LogP contribution in [-0.4, -0.2) is 29.6 Å². The number of hydrogen-bond donors (Lipinski definition) is 1. The van der Waals surface area contributed by atoms with E-state index in [1.54, 1.807) is 0 Å². The Labute approximate surface area is 155 Å². The van der Waals surface area contributed by atoms with E-state index in [1.807, 2.05) is 48.5 Å². The van der Waals surface area contributed by atoms with Gasteiger partial charge in [-0.05, 0) is 62.2 Å². The van der Waals surface area contributed by atoms with Gasteiger partial charge in [0.1, 0.15) is 0 Å². The summed E-state index contributed by atoms with van der Waals surface area (Å²) in [6.45, 7) is 0. The third-order valence-corrected chi connectivity index (χ3v) is 4.31. The molecule has 2 aromatic rings. The summed E-state index contributed by atoms with van der Waals surface area (Å²) >= 11 is 14.2. The second-order valence-corrected chi connectivity index (χ2v) is 6.03. The van der Waals surface area contributed by atoms with Gasteiger partial charge in [-0.1, -0.05) is 34.1 Å². The van der Waals surface area contributed by atoms with Crippen molar-refractivity contribution in [3.8, 4) is 0 Å². The van der Waals surface area contributed by atoms with Crippen LogP contribution in [0, 0.1) is 0 Å². The van der Waals surface area contributed by atoms with Crippen LogP contribution in [0.2, 0.25) is 0 Å². The minimum atomic E-state index is 0. The van der Waals surface area contributed by atoms with Gasteiger partial charge in [0.15, 0.2) is 0 Å². The van der Waals surface area contributed by atoms with Crippen LogP contribution in [0.25, 0.3) is 0 Å². The molecule has 1 radical (unpaired) electrons. The average Bonchev–Trinajstić information content (AvgIpc) is 2.26. The predicted molar refractivity (Wildman–Crippen MR) is 89.0 cm³/mol. The van der Waals surface area contributed by atoms with Gasteiger partial charge in [0.05, 0.1) is 0 Å². The minimum Gasteiger partial charge on any atom is -0.143 e. The molecule has 0 aliphatic rings. The summed E-state index contributed by atoms with van der Waals surface area (Å²) in [5, 5.41) is 0. The number of benzene rings is 2. The van der Waals surface area contributed by atoms with Gasteiger partial charge in [-0.2, -0.15) is 0 Å². The van der Waals surface area contributed by atoms with Crippen LogP contribution in [0.3, 0.4) is 0 Å². The molecule has 0 unspecified atom stereocenters. The summed E-state index contributed by atoms with van der Waals surface area (Å²) < 4.78 is 3.22. The Kier molecular flexibility index (Phi) is 10.8. The van der Waals surface area contributed by atoms with Gasteiger partial charge in [0.2, 0.25) is 0 Å². The molecule has 17 heavy (non-hydrogen) atoms. The maximum atomic E-state index is 4.08. The molecule has 0 spiro atoms. The fourth-order valence-corrected chi connectivity index (χ4v) is 2.36. The van der Waals surface area contributed by atoms with Crippen molar-refractivity contribution < 1.29 is 0 Å². The Bertz CT molecular complexity index is 449. The van der Waals surface area contributed by atoms with Crippen LogP contribution < -0.4 is 0 Å². The Morgan fingerprint density at radius 3 is 1.71 bits per heavy atom. The van der Waals surface area contributed by atoms with Crippen molar-refractivity contribution in [2.24, 2.45) is 0 Å². The molecule has 0 aliphatic carbocycles. The fraction of sp³-hybridized carbons (Fsp3) is 0. The van der Waals surface area contributed by atoms with Gasteiger partial charge in [0, 0.05) is 47.9 Å². The van der Waals surface area contributed by atoms with E-state index in [0.717, 1.165) is 18.3 Å². The summed E-state index contributed by atoms with van der Waals surface area (Å²) in [6.07, 6.45) is 0. The average molecular weight is 448 g/mol. The second-order valence-electron chi connectivity index (χ2n) is 2.89. The van der Waals surface area contributed by atoms with Crippen LogP contribution >= 0.6 is 60.4 Å². The molecule has 0 fully saturated rings.